The zero-order valence-corrected chi connectivity index (χ0v) is 16.1. The molecule has 1 aliphatic rings. The highest BCUT2D eigenvalue weighted by Crippen LogP contribution is 2.23. The molecule has 0 aliphatic carbocycles. The summed E-state index contributed by atoms with van der Waals surface area (Å²) in [5, 5.41) is 0. The fourth-order valence-corrected chi connectivity index (χ4v) is 3.84. The molecule has 142 valence electrons. The van der Waals surface area contributed by atoms with Crippen molar-refractivity contribution in [1.82, 2.24) is 9.47 Å². The maximum atomic E-state index is 12.4. The van der Waals surface area contributed by atoms with E-state index in [2.05, 4.69) is 41.2 Å². The van der Waals surface area contributed by atoms with Gasteiger partial charge in [0.15, 0.2) is 0 Å². The second-order valence-electron chi connectivity index (χ2n) is 7.47. The quantitative estimate of drug-likeness (QED) is 0.582. The van der Waals surface area contributed by atoms with Crippen LogP contribution in [0.15, 0.2) is 85.2 Å². The largest absolute Gasteiger partial charge is 0.339 e. The van der Waals surface area contributed by atoms with Crippen molar-refractivity contribution < 1.29 is 4.79 Å². The molecule has 0 atom stereocenters. The summed E-state index contributed by atoms with van der Waals surface area (Å²) in [4.78, 5) is 14.4. The van der Waals surface area contributed by atoms with Crippen molar-refractivity contribution in [3.8, 4) is 5.69 Å². The van der Waals surface area contributed by atoms with Crippen LogP contribution in [0.2, 0.25) is 0 Å². The van der Waals surface area contributed by atoms with Gasteiger partial charge in [-0.2, -0.15) is 0 Å². The fourth-order valence-electron chi connectivity index (χ4n) is 3.84. The SMILES string of the molecule is O=C(/C=C/c1ccccc1)N1CCC(Cc2ccc(-n3cccc3)cc2)CC1. The number of nitrogens with zero attached hydrogens (tertiary/aromatic N) is 2. The summed E-state index contributed by atoms with van der Waals surface area (Å²) in [5.74, 6) is 0.776. The zero-order valence-electron chi connectivity index (χ0n) is 16.1. The van der Waals surface area contributed by atoms with Crippen LogP contribution in [-0.4, -0.2) is 28.5 Å². The Morgan fingerprint density at radius 3 is 2.25 bits per heavy atom. The average molecular weight is 370 g/mol. The highest BCUT2D eigenvalue weighted by molar-refractivity contribution is 5.91. The van der Waals surface area contributed by atoms with Crippen molar-refractivity contribution in [2.45, 2.75) is 19.3 Å². The van der Waals surface area contributed by atoms with Gasteiger partial charge >= 0.3 is 0 Å². The normalized spacial score (nSPS) is 15.2. The zero-order chi connectivity index (χ0) is 19.2. The first-order valence-electron chi connectivity index (χ1n) is 10.0. The Morgan fingerprint density at radius 2 is 1.57 bits per heavy atom. The molecule has 1 saturated heterocycles. The molecule has 2 heterocycles. The number of aromatic nitrogens is 1. The number of likely N-dealkylation sites (tertiary alicyclic amines) is 1. The Hall–Kier alpha value is -3.07. The summed E-state index contributed by atoms with van der Waals surface area (Å²) in [6, 6.07) is 22.9. The van der Waals surface area contributed by atoms with Crippen molar-refractivity contribution in [3.05, 3.63) is 96.3 Å². The van der Waals surface area contributed by atoms with E-state index in [0.29, 0.717) is 5.92 Å². The van der Waals surface area contributed by atoms with E-state index >= 15 is 0 Å². The van der Waals surface area contributed by atoms with Crippen LogP contribution in [0.3, 0.4) is 0 Å². The molecule has 0 unspecified atom stereocenters. The van der Waals surface area contributed by atoms with Crippen LogP contribution in [-0.2, 0) is 11.2 Å². The number of carbonyl (C=O) groups is 1. The lowest BCUT2D eigenvalue weighted by Crippen LogP contribution is -2.37. The van der Waals surface area contributed by atoms with Gasteiger partial charge in [-0.25, -0.2) is 0 Å². The summed E-state index contributed by atoms with van der Waals surface area (Å²) in [5.41, 5.74) is 3.64. The first kappa shape index (κ1) is 18.3. The smallest absolute Gasteiger partial charge is 0.246 e. The summed E-state index contributed by atoms with van der Waals surface area (Å²) in [6.07, 6.45) is 11.0. The summed E-state index contributed by atoms with van der Waals surface area (Å²) in [7, 11) is 0. The van der Waals surface area contributed by atoms with E-state index < -0.39 is 0 Å². The Balaban J connectivity index is 1.27. The minimum Gasteiger partial charge on any atom is -0.339 e. The van der Waals surface area contributed by atoms with Crippen molar-refractivity contribution >= 4 is 12.0 Å². The molecule has 1 aliphatic heterocycles. The molecule has 1 aromatic heterocycles. The van der Waals surface area contributed by atoms with Gasteiger partial charge in [0.05, 0.1) is 0 Å². The monoisotopic (exact) mass is 370 g/mol. The Bertz CT molecular complexity index is 903. The van der Waals surface area contributed by atoms with E-state index in [9.17, 15) is 4.79 Å². The number of piperidine rings is 1. The van der Waals surface area contributed by atoms with Gasteiger partial charge in [-0.1, -0.05) is 42.5 Å². The van der Waals surface area contributed by atoms with Gasteiger partial charge < -0.3 is 9.47 Å². The van der Waals surface area contributed by atoms with Crippen LogP contribution in [0, 0.1) is 5.92 Å². The summed E-state index contributed by atoms with van der Waals surface area (Å²) >= 11 is 0. The lowest BCUT2D eigenvalue weighted by Gasteiger charge is -2.31. The van der Waals surface area contributed by atoms with Crippen LogP contribution in [0.25, 0.3) is 11.8 Å². The predicted octanol–water partition coefficient (Wildman–Crippen LogP) is 4.97. The third kappa shape index (κ3) is 4.61. The average Bonchev–Trinajstić information content (AvgIpc) is 3.29. The molecule has 0 N–H and O–H groups in total. The lowest BCUT2D eigenvalue weighted by atomic mass is 9.90. The van der Waals surface area contributed by atoms with Gasteiger partial charge in [-0.05, 0) is 66.6 Å². The number of rotatable bonds is 5. The van der Waals surface area contributed by atoms with E-state index in [0.717, 1.165) is 37.9 Å². The van der Waals surface area contributed by atoms with Crippen LogP contribution in [0.1, 0.15) is 24.0 Å². The minimum absolute atomic E-state index is 0.123. The molecular formula is C25H26N2O. The maximum absolute atomic E-state index is 12.4. The van der Waals surface area contributed by atoms with Crippen LogP contribution >= 0.6 is 0 Å². The van der Waals surface area contributed by atoms with Crippen LogP contribution < -0.4 is 0 Å². The van der Waals surface area contributed by atoms with Crippen LogP contribution in [0.5, 0.6) is 0 Å². The van der Waals surface area contributed by atoms with Crippen molar-refractivity contribution in [3.63, 3.8) is 0 Å². The van der Waals surface area contributed by atoms with Gasteiger partial charge in [0.2, 0.25) is 5.91 Å². The molecule has 1 amide bonds. The van der Waals surface area contributed by atoms with Crippen LogP contribution in [0.4, 0.5) is 0 Å². The van der Waals surface area contributed by atoms with E-state index in [-0.39, 0.29) is 5.91 Å². The molecule has 3 heteroatoms. The maximum Gasteiger partial charge on any atom is 0.246 e. The molecule has 0 saturated carbocycles. The van der Waals surface area contributed by atoms with Gasteiger partial charge in [-0.3, -0.25) is 4.79 Å². The molecule has 2 aromatic carbocycles. The molecule has 0 radical (unpaired) electrons. The first-order valence-corrected chi connectivity index (χ1v) is 10.0. The second-order valence-corrected chi connectivity index (χ2v) is 7.47. The Kier molecular flexibility index (Phi) is 5.72. The van der Waals surface area contributed by atoms with Gasteiger partial charge in [0.25, 0.3) is 0 Å². The fraction of sp³-hybridized carbons (Fsp3) is 0.240. The Morgan fingerprint density at radius 1 is 0.893 bits per heavy atom. The Labute approximate surface area is 166 Å². The van der Waals surface area contributed by atoms with Gasteiger partial charge in [-0.15, -0.1) is 0 Å². The molecule has 3 aromatic rings. The number of benzene rings is 2. The predicted molar refractivity (Wildman–Crippen MR) is 114 cm³/mol. The third-order valence-electron chi connectivity index (χ3n) is 5.51. The first-order chi connectivity index (χ1) is 13.8. The number of carbonyl (C=O) groups excluding carboxylic acids is 1. The molecule has 3 nitrogen and oxygen atoms in total. The summed E-state index contributed by atoms with van der Waals surface area (Å²) in [6.45, 7) is 1.70. The standard InChI is InChI=1S/C25H26N2O/c28-25(13-10-21-6-2-1-3-7-21)27-18-14-23(15-19-27)20-22-8-11-24(12-9-22)26-16-4-5-17-26/h1-13,16-17,23H,14-15,18-20H2/b13-10+. The molecule has 0 spiro atoms. The van der Waals surface area contributed by atoms with Crippen molar-refractivity contribution in [2.24, 2.45) is 5.92 Å². The molecule has 0 bridgehead atoms. The number of amides is 1. The van der Waals surface area contributed by atoms with E-state index in [4.69, 9.17) is 0 Å². The molecule has 4 rings (SSSR count). The van der Waals surface area contributed by atoms with E-state index in [1.807, 2.05) is 53.4 Å². The van der Waals surface area contributed by atoms with E-state index in [1.165, 1.54) is 11.3 Å². The highest BCUT2D eigenvalue weighted by Gasteiger charge is 2.21. The number of hydrogen-bond acceptors (Lipinski definition) is 1. The van der Waals surface area contributed by atoms with E-state index in [1.54, 1.807) is 6.08 Å². The van der Waals surface area contributed by atoms with Crippen molar-refractivity contribution in [1.29, 1.82) is 0 Å². The molecular weight excluding hydrogens is 344 g/mol. The third-order valence-corrected chi connectivity index (χ3v) is 5.51. The second kappa shape index (κ2) is 8.75. The van der Waals surface area contributed by atoms with Crippen molar-refractivity contribution in [2.75, 3.05) is 13.1 Å². The lowest BCUT2D eigenvalue weighted by molar-refractivity contribution is -0.127. The summed E-state index contributed by atoms with van der Waals surface area (Å²) < 4.78 is 2.12. The van der Waals surface area contributed by atoms with Gasteiger partial charge in [0.1, 0.15) is 0 Å². The molecule has 28 heavy (non-hydrogen) atoms. The van der Waals surface area contributed by atoms with Gasteiger partial charge in [0, 0.05) is 37.2 Å². The number of hydrogen-bond donors (Lipinski definition) is 0. The highest BCUT2D eigenvalue weighted by atomic mass is 16.2. The minimum atomic E-state index is 0.123. The molecule has 1 fully saturated rings. The topological polar surface area (TPSA) is 25.2 Å².